The summed E-state index contributed by atoms with van der Waals surface area (Å²) in [6, 6.07) is 33.1. The number of para-hydroxylation sites is 2. The highest BCUT2D eigenvalue weighted by molar-refractivity contribution is 5.99. The summed E-state index contributed by atoms with van der Waals surface area (Å²) in [6.45, 7) is 2.61. The molecule has 4 heterocycles. The summed E-state index contributed by atoms with van der Waals surface area (Å²) in [6.07, 6.45) is 6.57. The van der Waals surface area contributed by atoms with Gasteiger partial charge in [-0.2, -0.15) is 10.5 Å². The number of aromatic nitrogens is 2. The molecule has 1 unspecified atom stereocenters. The topological polar surface area (TPSA) is 63.9 Å². The molecule has 4 aromatic carbocycles. The minimum absolute atomic E-state index is 0.305. The molecule has 2 aliphatic heterocycles. The third-order valence-electron chi connectivity index (χ3n) is 10.2. The van der Waals surface area contributed by atoms with Crippen LogP contribution in [0.1, 0.15) is 27.8 Å². The van der Waals surface area contributed by atoms with E-state index in [0.29, 0.717) is 23.2 Å². The SMILES string of the molecule is CN(C)C1Cc2cccc3c(-c4cc(C#N)cc(CN(C)[C@@H]5Cc6cccc7c(-c8cccc(C#N)c8)cn(c67)C5)c4)cn(c23)C1. The van der Waals surface area contributed by atoms with E-state index in [2.05, 4.69) is 119 Å². The van der Waals surface area contributed by atoms with Gasteiger partial charge < -0.3 is 14.0 Å². The molecule has 8 rings (SSSR count). The average Bonchev–Trinajstić information content (AvgIpc) is 3.65. The van der Waals surface area contributed by atoms with Crippen LogP contribution in [0.4, 0.5) is 0 Å². The van der Waals surface area contributed by atoms with E-state index in [0.717, 1.165) is 49.2 Å². The second-order valence-corrected chi connectivity index (χ2v) is 13.3. The molecule has 46 heavy (non-hydrogen) atoms. The lowest BCUT2D eigenvalue weighted by Crippen LogP contribution is -2.38. The van der Waals surface area contributed by atoms with Crippen molar-refractivity contribution in [2.45, 2.75) is 44.6 Å². The molecule has 2 atom stereocenters. The van der Waals surface area contributed by atoms with Crippen LogP contribution in [-0.4, -0.2) is 52.2 Å². The number of nitrogens with zero attached hydrogens (tertiary/aromatic N) is 6. The van der Waals surface area contributed by atoms with Gasteiger partial charge in [0.15, 0.2) is 0 Å². The Morgan fingerprint density at radius 3 is 1.91 bits per heavy atom. The van der Waals surface area contributed by atoms with E-state index in [1.165, 1.54) is 44.1 Å². The smallest absolute Gasteiger partial charge is 0.0991 e. The van der Waals surface area contributed by atoms with Crippen LogP contribution in [0.5, 0.6) is 0 Å². The minimum Gasteiger partial charge on any atom is -0.345 e. The Bertz CT molecular complexity index is 2240. The van der Waals surface area contributed by atoms with Gasteiger partial charge in [-0.25, -0.2) is 0 Å². The quantitative estimate of drug-likeness (QED) is 0.203. The number of nitriles is 2. The monoisotopic (exact) mass is 600 g/mol. The molecule has 6 nitrogen and oxygen atoms in total. The van der Waals surface area contributed by atoms with Gasteiger partial charge >= 0.3 is 0 Å². The second-order valence-electron chi connectivity index (χ2n) is 13.3. The van der Waals surface area contributed by atoms with Crippen LogP contribution in [0.25, 0.3) is 44.1 Å². The lowest BCUT2D eigenvalue weighted by atomic mass is 9.95. The van der Waals surface area contributed by atoms with Gasteiger partial charge in [0, 0.05) is 66.0 Å². The Hall–Kier alpha value is -5.14. The molecule has 6 heteroatoms. The second kappa shape index (κ2) is 11.0. The third kappa shape index (κ3) is 4.70. The fourth-order valence-electron chi connectivity index (χ4n) is 7.86. The van der Waals surface area contributed by atoms with Crippen molar-refractivity contribution < 1.29 is 0 Å². The summed E-state index contributed by atoms with van der Waals surface area (Å²) >= 11 is 0. The van der Waals surface area contributed by atoms with E-state index < -0.39 is 0 Å². The average molecular weight is 601 g/mol. The molecule has 0 fully saturated rings. The maximum atomic E-state index is 10.1. The van der Waals surface area contributed by atoms with E-state index in [-0.39, 0.29) is 0 Å². The van der Waals surface area contributed by atoms with Crippen molar-refractivity contribution in [2.24, 2.45) is 0 Å². The number of benzene rings is 4. The normalized spacial score (nSPS) is 17.1. The highest BCUT2D eigenvalue weighted by Crippen LogP contribution is 2.38. The van der Waals surface area contributed by atoms with Crippen molar-refractivity contribution >= 4 is 21.8 Å². The van der Waals surface area contributed by atoms with Gasteiger partial charge in [0.1, 0.15) is 0 Å². The van der Waals surface area contributed by atoms with Gasteiger partial charge in [-0.3, -0.25) is 4.90 Å². The lowest BCUT2D eigenvalue weighted by Gasteiger charge is -2.32. The molecule has 0 bridgehead atoms. The molecule has 0 aliphatic carbocycles. The summed E-state index contributed by atoms with van der Waals surface area (Å²) in [7, 11) is 6.53. The Morgan fingerprint density at radius 2 is 1.26 bits per heavy atom. The lowest BCUT2D eigenvalue weighted by molar-refractivity contribution is 0.206. The molecule has 0 saturated heterocycles. The van der Waals surface area contributed by atoms with E-state index in [4.69, 9.17) is 0 Å². The van der Waals surface area contributed by atoms with Crippen LogP contribution in [0, 0.1) is 22.7 Å². The van der Waals surface area contributed by atoms with Crippen LogP contribution < -0.4 is 0 Å². The minimum atomic E-state index is 0.305. The van der Waals surface area contributed by atoms with E-state index in [1.807, 2.05) is 24.3 Å². The Morgan fingerprint density at radius 1 is 0.674 bits per heavy atom. The van der Waals surface area contributed by atoms with Crippen LogP contribution in [0.3, 0.4) is 0 Å². The van der Waals surface area contributed by atoms with Crippen LogP contribution in [0.15, 0.2) is 91.3 Å². The summed E-state index contributed by atoms with van der Waals surface area (Å²) in [5.41, 5.74) is 12.4. The van der Waals surface area contributed by atoms with Crippen LogP contribution >= 0.6 is 0 Å². The Kier molecular flexibility index (Phi) is 6.80. The Labute approximate surface area is 269 Å². The predicted octanol–water partition coefficient (Wildman–Crippen LogP) is 7.22. The molecule has 2 aliphatic rings. The molecule has 0 amide bonds. The van der Waals surface area contributed by atoms with Crippen molar-refractivity contribution in [3.63, 3.8) is 0 Å². The molecule has 2 aromatic heterocycles. The van der Waals surface area contributed by atoms with Crippen molar-refractivity contribution in [3.05, 3.63) is 119 Å². The fraction of sp³-hybridized carbons (Fsp3) is 0.250. The van der Waals surface area contributed by atoms with Gasteiger partial charge in [-0.1, -0.05) is 48.5 Å². The maximum Gasteiger partial charge on any atom is 0.0991 e. The standard InChI is InChI=1S/C40H36N6/c1-43(2)33-17-30-9-5-12-36-38(25-45(22-33)39(30)36)32-15-27(20-42)13-28(16-32)21-44(3)34-18-31-10-6-11-35-37(24-46(23-34)40(31)35)29-8-4-7-26(14-29)19-41/h4-16,24-25,33-34H,17-18,21-23H2,1-3H3/t33?,34-/m1/s1. The number of hydrogen-bond donors (Lipinski definition) is 0. The molecule has 0 saturated carbocycles. The van der Waals surface area contributed by atoms with Crippen molar-refractivity contribution in [1.82, 2.24) is 18.9 Å². The van der Waals surface area contributed by atoms with Crippen molar-refractivity contribution in [1.29, 1.82) is 10.5 Å². The van der Waals surface area contributed by atoms with E-state index in [1.54, 1.807) is 0 Å². The number of hydrogen-bond acceptors (Lipinski definition) is 4. The first kappa shape index (κ1) is 28.3. The largest absolute Gasteiger partial charge is 0.345 e. The zero-order valence-electron chi connectivity index (χ0n) is 26.5. The molecule has 0 spiro atoms. The summed E-state index contributed by atoms with van der Waals surface area (Å²) < 4.78 is 4.82. The van der Waals surface area contributed by atoms with Gasteiger partial charge in [-0.05, 0) is 92.1 Å². The van der Waals surface area contributed by atoms with E-state index in [9.17, 15) is 10.5 Å². The molecule has 0 radical (unpaired) electrons. The zero-order chi connectivity index (χ0) is 31.5. The van der Waals surface area contributed by atoms with Crippen LogP contribution in [-0.2, 0) is 32.5 Å². The number of likely N-dealkylation sites (N-methyl/N-ethyl adjacent to an activating group) is 2. The summed E-state index contributed by atoms with van der Waals surface area (Å²) in [5.74, 6) is 0. The molecule has 6 aromatic rings. The third-order valence-corrected chi connectivity index (χ3v) is 10.2. The van der Waals surface area contributed by atoms with E-state index >= 15 is 0 Å². The van der Waals surface area contributed by atoms with Crippen LogP contribution in [0.2, 0.25) is 0 Å². The molecular formula is C40H36N6. The summed E-state index contributed by atoms with van der Waals surface area (Å²) in [5, 5.41) is 22.0. The highest BCUT2D eigenvalue weighted by Gasteiger charge is 2.27. The first-order valence-corrected chi connectivity index (χ1v) is 16.0. The molecule has 226 valence electrons. The first-order valence-electron chi connectivity index (χ1n) is 16.0. The number of rotatable bonds is 6. The van der Waals surface area contributed by atoms with Crippen molar-refractivity contribution in [3.8, 4) is 34.4 Å². The fourth-order valence-corrected chi connectivity index (χ4v) is 7.86. The maximum absolute atomic E-state index is 10.1. The van der Waals surface area contributed by atoms with Gasteiger partial charge in [0.25, 0.3) is 0 Å². The Balaban J connectivity index is 1.10. The van der Waals surface area contributed by atoms with Gasteiger partial charge in [0.2, 0.25) is 0 Å². The zero-order valence-corrected chi connectivity index (χ0v) is 26.5. The molecule has 0 N–H and O–H groups in total. The van der Waals surface area contributed by atoms with Crippen molar-refractivity contribution in [2.75, 3.05) is 21.1 Å². The molecular weight excluding hydrogens is 564 g/mol. The predicted molar refractivity (Wildman–Crippen MR) is 184 cm³/mol. The highest BCUT2D eigenvalue weighted by atomic mass is 15.2. The summed E-state index contributed by atoms with van der Waals surface area (Å²) in [4.78, 5) is 4.76. The first-order chi connectivity index (χ1) is 22.4. The van der Waals surface area contributed by atoms with Gasteiger partial charge in [0.05, 0.1) is 34.3 Å². The van der Waals surface area contributed by atoms with Gasteiger partial charge in [-0.15, -0.1) is 0 Å².